The maximum absolute atomic E-state index is 10.8. The summed E-state index contributed by atoms with van der Waals surface area (Å²) < 4.78 is 6.83. The van der Waals surface area contributed by atoms with Crippen molar-refractivity contribution in [3.63, 3.8) is 0 Å². The Morgan fingerprint density at radius 3 is 1.55 bits per heavy atom. The second-order valence-electron chi connectivity index (χ2n) is 14.0. The molecule has 0 amide bonds. The molecule has 0 fully saturated rings. The first-order chi connectivity index (χ1) is 27.2. The number of hydrogen-bond acceptors (Lipinski definition) is 1. The number of para-hydroxylation sites is 4. The molecule has 8 aromatic carbocycles. The lowest BCUT2D eigenvalue weighted by atomic mass is 10.0. The van der Waals surface area contributed by atoms with Crippen LogP contribution in [0.3, 0.4) is 0 Å². The molecule has 11 aromatic rings. The van der Waals surface area contributed by atoms with Gasteiger partial charge in [0, 0.05) is 38.3 Å². The molecule has 0 aliphatic rings. The van der Waals surface area contributed by atoms with Gasteiger partial charge in [-0.1, -0.05) is 103 Å². The van der Waals surface area contributed by atoms with Crippen molar-refractivity contribution in [1.29, 1.82) is 5.26 Å². The Bertz CT molecular complexity index is 3420. The summed E-state index contributed by atoms with van der Waals surface area (Å²) in [7, 11) is 0. The standard InChI is InChI=1S/C50H29N5/c1-52-35-22-26-49-43(29-35)41-16-5-8-19-47(41)54(49)37-23-24-42-40-15-4-9-20-48(40)55(50(42)30-37)44-25-21-33(27-34(44)31-51)32-11-10-12-36(28-32)53-45-17-6-2-13-38(45)39-14-3-7-18-46(39)53/h2-30H. The lowest BCUT2D eigenvalue weighted by molar-refractivity contribution is 1.15. The van der Waals surface area contributed by atoms with Crippen LogP contribution in [0.1, 0.15) is 5.56 Å². The van der Waals surface area contributed by atoms with Crippen molar-refractivity contribution in [2.24, 2.45) is 0 Å². The maximum atomic E-state index is 10.8. The molecule has 5 nitrogen and oxygen atoms in total. The third kappa shape index (κ3) is 4.51. The lowest BCUT2D eigenvalue weighted by Gasteiger charge is -2.14. The molecule has 3 heterocycles. The fourth-order valence-electron chi connectivity index (χ4n) is 8.69. The molecule has 0 radical (unpaired) electrons. The SMILES string of the molecule is [C-]#[N+]c1ccc2c(c1)c1ccccc1n2-c1ccc2c3ccccc3n(-c3ccc(-c4cccc(-n5c6ccccc6c6ccccc65)c4)cc3C#N)c2c1. The number of nitriles is 1. The van der Waals surface area contributed by atoms with E-state index in [2.05, 4.69) is 170 Å². The summed E-state index contributed by atoms with van der Waals surface area (Å²) in [5.41, 5.74) is 12.6. The number of hydrogen-bond donors (Lipinski definition) is 0. The van der Waals surface area contributed by atoms with E-state index in [1.165, 1.54) is 10.8 Å². The summed E-state index contributed by atoms with van der Waals surface area (Å²) in [6.07, 6.45) is 0. The van der Waals surface area contributed by atoms with E-state index in [4.69, 9.17) is 6.57 Å². The van der Waals surface area contributed by atoms with Gasteiger partial charge in [0.15, 0.2) is 5.69 Å². The van der Waals surface area contributed by atoms with Gasteiger partial charge < -0.3 is 13.7 Å². The summed E-state index contributed by atoms with van der Waals surface area (Å²) in [5, 5.41) is 17.6. The summed E-state index contributed by atoms with van der Waals surface area (Å²) >= 11 is 0. The molecule has 0 bridgehead atoms. The van der Waals surface area contributed by atoms with Crippen molar-refractivity contribution >= 4 is 71.1 Å². The molecule has 254 valence electrons. The fourth-order valence-corrected chi connectivity index (χ4v) is 8.69. The minimum Gasteiger partial charge on any atom is -0.309 e. The van der Waals surface area contributed by atoms with E-state index in [1.807, 2.05) is 30.3 Å². The van der Waals surface area contributed by atoms with Gasteiger partial charge in [-0.2, -0.15) is 5.26 Å². The zero-order chi connectivity index (χ0) is 36.6. The predicted octanol–water partition coefficient (Wildman–Crippen LogP) is 13.1. The van der Waals surface area contributed by atoms with E-state index >= 15 is 0 Å². The van der Waals surface area contributed by atoms with Gasteiger partial charge in [0.1, 0.15) is 6.07 Å². The molecule has 3 aromatic heterocycles. The zero-order valence-corrected chi connectivity index (χ0v) is 29.5. The maximum Gasteiger partial charge on any atom is 0.188 e. The third-order valence-electron chi connectivity index (χ3n) is 11.1. The van der Waals surface area contributed by atoms with Crippen molar-refractivity contribution in [2.45, 2.75) is 0 Å². The molecular weight excluding hydrogens is 671 g/mol. The Labute approximate surface area is 316 Å². The highest BCUT2D eigenvalue weighted by atomic mass is 15.0. The number of aromatic nitrogens is 3. The third-order valence-corrected chi connectivity index (χ3v) is 11.1. The summed E-state index contributed by atoms with van der Waals surface area (Å²) in [6, 6.07) is 63.8. The summed E-state index contributed by atoms with van der Waals surface area (Å²) in [5.74, 6) is 0. The molecule has 0 aliphatic carbocycles. The van der Waals surface area contributed by atoms with Gasteiger partial charge in [-0.05, 0) is 89.3 Å². The fraction of sp³-hybridized carbons (Fsp3) is 0. The van der Waals surface area contributed by atoms with Crippen molar-refractivity contribution in [1.82, 2.24) is 13.7 Å². The quantitative estimate of drug-likeness (QED) is 0.169. The monoisotopic (exact) mass is 699 g/mol. The molecule has 0 saturated carbocycles. The zero-order valence-electron chi connectivity index (χ0n) is 29.5. The highest BCUT2D eigenvalue weighted by molar-refractivity contribution is 6.13. The van der Waals surface area contributed by atoms with Crippen LogP contribution in [0.25, 0.3) is 98.5 Å². The van der Waals surface area contributed by atoms with Gasteiger partial charge in [0.05, 0.1) is 50.9 Å². The van der Waals surface area contributed by atoms with E-state index in [1.54, 1.807) is 0 Å². The summed E-state index contributed by atoms with van der Waals surface area (Å²) in [6.45, 7) is 7.63. The number of benzene rings is 8. The second kappa shape index (κ2) is 11.8. The molecule has 0 N–H and O–H groups in total. The Balaban J connectivity index is 1.09. The van der Waals surface area contributed by atoms with Crippen molar-refractivity contribution in [2.75, 3.05) is 0 Å². The normalized spacial score (nSPS) is 11.6. The van der Waals surface area contributed by atoms with E-state index in [9.17, 15) is 5.26 Å². The highest BCUT2D eigenvalue weighted by Crippen LogP contribution is 2.39. The average Bonchev–Trinajstić information content (AvgIpc) is 3.88. The van der Waals surface area contributed by atoms with E-state index in [0.717, 1.165) is 82.8 Å². The number of nitrogens with zero attached hydrogens (tertiary/aromatic N) is 5. The molecule has 0 unspecified atom stereocenters. The van der Waals surface area contributed by atoms with Crippen LogP contribution in [-0.4, -0.2) is 13.7 Å². The highest BCUT2D eigenvalue weighted by Gasteiger charge is 2.19. The molecule has 0 aliphatic heterocycles. The van der Waals surface area contributed by atoms with E-state index in [-0.39, 0.29) is 0 Å². The van der Waals surface area contributed by atoms with Gasteiger partial charge in [-0.25, -0.2) is 4.85 Å². The predicted molar refractivity (Wildman–Crippen MR) is 226 cm³/mol. The van der Waals surface area contributed by atoms with Gasteiger partial charge in [-0.15, -0.1) is 0 Å². The van der Waals surface area contributed by atoms with Crippen molar-refractivity contribution < 1.29 is 0 Å². The minimum absolute atomic E-state index is 0.594. The van der Waals surface area contributed by atoms with E-state index < -0.39 is 0 Å². The van der Waals surface area contributed by atoms with Crippen LogP contribution in [0.15, 0.2) is 176 Å². The smallest absolute Gasteiger partial charge is 0.188 e. The summed E-state index contributed by atoms with van der Waals surface area (Å²) in [4.78, 5) is 3.71. The van der Waals surface area contributed by atoms with Gasteiger partial charge in [0.25, 0.3) is 0 Å². The van der Waals surface area contributed by atoms with Crippen molar-refractivity contribution in [3.05, 3.63) is 193 Å². The number of rotatable bonds is 4. The molecule has 0 atom stereocenters. The molecular formula is C50H29N5. The van der Waals surface area contributed by atoms with Crippen LogP contribution < -0.4 is 0 Å². The minimum atomic E-state index is 0.594. The van der Waals surface area contributed by atoms with Crippen LogP contribution in [0.4, 0.5) is 5.69 Å². The topological polar surface area (TPSA) is 42.9 Å². The Morgan fingerprint density at radius 1 is 0.400 bits per heavy atom. The van der Waals surface area contributed by atoms with Crippen molar-refractivity contribution in [3.8, 4) is 34.3 Å². The molecule has 0 saturated heterocycles. The van der Waals surface area contributed by atoms with Gasteiger partial charge in [-0.3, -0.25) is 0 Å². The molecule has 11 rings (SSSR count). The largest absolute Gasteiger partial charge is 0.309 e. The first-order valence-corrected chi connectivity index (χ1v) is 18.3. The van der Waals surface area contributed by atoms with Crippen LogP contribution >= 0.6 is 0 Å². The Morgan fingerprint density at radius 2 is 0.927 bits per heavy atom. The van der Waals surface area contributed by atoms with E-state index in [0.29, 0.717) is 11.3 Å². The molecule has 5 heteroatoms. The molecule has 55 heavy (non-hydrogen) atoms. The van der Waals surface area contributed by atoms with Crippen LogP contribution in [0.5, 0.6) is 0 Å². The van der Waals surface area contributed by atoms with Crippen LogP contribution in [0, 0.1) is 17.9 Å². The first-order valence-electron chi connectivity index (χ1n) is 18.3. The van der Waals surface area contributed by atoms with Gasteiger partial charge in [0.2, 0.25) is 0 Å². The average molecular weight is 700 g/mol. The number of fused-ring (bicyclic) bond motifs is 9. The van der Waals surface area contributed by atoms with Gasteiger partial charge >= 0.3 is 0 Å². The lowest BCUT2D eigenvalue weighted by Crippen LogP contribution is -2.00. The Hall–Kier alpha value is -7.86. The first kappa shape index (κ1) is 30.7. The van der Waals surface area contributed by atoms with Crippen LogP contribution in [-0.2, 0) is 0 Å². The second-order valence-corrected chi connectivity index (χ2v) is 14.0. The van der Waals surface area contributed by atoms with Crippen LogP contribution in [0.2, 0.25) is 0 Å². The molecule has 0 spiro atoms. The Kier molecular flexibility index (Phi) is 6.61.